The number of likely N-dealkylation sites (N-methyl/N-ethyl adjacent to an activating group) is 1. The SMILES string of the molecule is Cc1ccnc(C[C@@H](C)N(C)Cc2cc(C)nn2C)c1. The Hall–Kier alpha value is -1.68. The largest absolute Gasteiger partial charge is 0.297 e. The number of hydrogen-bond acceptors (Lipinski definition) is 3. The first-order valence-corrected chi connectivity index (χ1v) is 7.07. The third-order valence-electron chi connectivity index (χ3n) is 3.74. The summed E-state index contributed by atoms with van der Waals surface area (Å²) in [5.74, 6) is 0. The molecule has 1 atom stereocenters. The maximum absolute atomic E-state index is 4.45. The molecule has 0 radical (unpaired) electrons. The van der Waals surface area contributed by atoms with Crippen molar-refractivity contribution in [2.45, 2.75) is 39.8 Å². The third-order valence-corrected chi connectivity index (χ3v) is 3.74. The third kappa shape index (κ3) is 3.67. The fraction of sp³-hybridized carbons (Fsp3) is 0.500. The number of pyridine rings is 1. The van der Waals surface area contributed by atoms with Gasteiger partial charge in [-0.1, -0.05) is 0 Å². The first-order chi connectivity index (χ1) is 9.45. The second-order valence-corrected chi connectivity index (χ2v) is 5.69. The Morgan fingerprint density at radius 3 is 2.65 bits per heavy atom. The van der Waals surface area contributed by atoms with Crippen molar-refractivity contribution in [2.75, 3.05) is 7.05 Å². The van der Waals surface area contributed by atoms with Crippen molar-refractivity contribution in [3.63, 3.8) is 0 Å². The summed E-state index contributed by atoms with van der Waals surface area (Å²) in [6, 6.07) is 6.79. The molecule has 0 aromatic carbocycles. The molecule has 0 unspecified atom stereocenters. The van der Waals surface area contributed by atoms with Gasteiger partial charge in [-0.05, 0) is 51.6 Å². The molecule has 2 aromatic heterocycles. The predicted molar refractivity (Wildman–Crippen MR) is 81.6 cm³/mol. The summed E-state index contributed by atoms with van der Waals surface area (Å²) < 4.78 is 1.96. The van der Waals surface area contributed by atoms with E-state index in [1.54, 1.807) is 0 Å². The Balaban J connectivity index is 1.98. The van der Waals surface area contributed by atoms with Crippen LogP contribution in [-0.4, -0.2) is 32.8 Å². The van der Waals surface area contributed by atoms with Gasteiger partial charge >= 0.3 is 0 Å². The summed E-state index contributed by atoms with van der Waals surface area (Å²) >= 11 is 0. The van der Waals surface area contributed by atoms with Crippen LogP contribution in [0.15, 0.2) is 24.4 Å². The van der Waals surface area contributed by atoms with E-state index in [1.165, 1.54) is 11.3 Å². The van der Waals surface area contributed by atoms with Gasteiger partial charge in [-0.25, -0.2) is 0 Å². The van der Waals surface area contributed by atoms with Gasteiger partial charge in [0.25, 0.3) is 0 Å². The van der Waals surface area contributed by atoms with E-state index in [0.29, 0.717) is 6.04 Å². The van der Waals surface area contributed by atoms with E-state index < -0.39 is 0 Å². The molecular weight excluding hydrogens is 248 g/mol. The molecule has 0 amide bonds. The van der Waals surface area contributed by atoms with Crippen LogP contribution in [0.4, 0.5) is 0 Å². The molecule has 2 rings (SSSR count). The molecule has 0 aliphatic rings. The van der Waals surface area contributed by atoms with Crippen molar-refractivity contribution in [3.05, 3.63) is 47.0 Å². The molecule has 20 heavy (non-hydrogen) atoms. The highest BCUT2D eigenvalue weighted by Crippen LogP contribution is 2.11. The van der Waals surface area contributed by atoms with Crippen LogP contribution in [0.1, 0.15) is 29.6 Å². The van der Waals surface area contributed by atoms with Crippen LogP contribution >= 0.6 is 0 Å². The lowest BCUT2D eigenvalue weighted by molar-refractivity contribution is 0.240. The molecule has 0 saturated carbocycles. The standard InChI is InChI=1S/C16H24N4/c1-12-6-7-17-15(8-12)10-14(3)19(4)11-16-9-13(2)18-20(16)5/h6-9,14H,10-11H2,1-5H3/t14-/m1/s1. The van der Waals surface area contributed by atoms with Crippen LogP contribution in [0.25, 0.3) is 0 Å². The van der Waals surface area contributed by atoms with E-state index in [-0.39, 0.29) is 0 Å². The summed E-state index contributed by atoms with van der Waals surface area (Å²) in [6.45, 7) is 7.29. The minimum atomic E-state index is 0.444. The van der Waals surface area contributed by atoms with Crippen LogP contribution in [-0.2, 0) is 20.0 Å². The van der Waals surface area contributed by atoms with E-state index in [4.69, 9.17) is 0 Å². The van der Waals surface area contributed by atoms with Crippen LogP contribution in [0, 0.1) is 13.8 Å². The minimum Gasteiger partial charge on any atom is -0.297 e. The van der Waals surface area contributed by atoms with Crippen molar-refractivity contribution < 1.29 is 0 Å². The normalized spacial score (nSPS) is 12.9. The maximum Gasteiger partial charge on any atom is 0.0597 e. The predicted octanol–water partition coefficient (Wildman–Crippen LogP) is 2.49. The number of aryl methyl sites for hydroxylation is 3. The van der Waals surface area contributed by atoms with E-state index >= 15 is 0 Å². The minimum absolute atomic E-state index is 0.444. The van der Waals surface area contributed by atoms with Gasteiger partial charge in [-0.15, -0.1) is 0 Å². The van der Waals surface area contributed by atoms with Gasteiger partial charge in [-0.3, -0.25) is 14.6 Å². The lowest BCUT2D eigenvalue weighted by Gasteiger charge is -2.24. The zero-order valence-electron chi connectivity index (χ0n) is 13.1. The molecule has 2 aromatic rings. The first kappa shape index (κ1) is 14.7. The van der Waals surface area contributed by atoms with Gasteiger partial charge in [0.2, 0.25) is 0 Å². The molecule has 4 heteroatoms. The monoisotopic (exact) mass is 272 g/mol. The number of nitrogens with zero attached hydrogens (tertiary/aromatic N) is 4. The fourth-order valence-electron chi connectivity index (χ4n) is 2.39. The summed E-state index contributed by atoms with van der Waals surface area (Å²) in [5.41, 5.74) is 4.75. The highest BCUT2D eigenvalue weighted by Gasteiger charge is 2.13. The zero-order valence-corrected chi connectivity index (χ0v) is 13.1. The Bertz CT molecular complexity index is 574. The van der Waals surface area contributed by atoms with Crippen molar-refractivity contribution in [1.82, 2.24) is 19.7 Å². The first-order valence-electron chi connectivity index (χ1n) is 7.07. The van der Waals surface area contributed by atoms with Gasteiger partial charge in [-0.2, -0.15) is 5.10 Å². The molecule has 4 nitrogen and oxygen atoms in total. The van der Waals surface area contributed by atoms with Crippen molar-refractivity contribution in [1.29, 1.82) is 0 Å². The topological polar surface area (TPSA) is 34.0 Å². The van der Waals surface area contributed by atoms with Gasteiger partial charge < -0.3 is 0 Å². The quantitative estimate of drug-likeness (QED) is 0.838. The summed E-state index contributed by atoms with van der Waals surface area (Å²) in [4.78, 5) is 6.79. The lowest BCUT2D eigenvalue weighted by atomic mass is 10.1. The molecule has 0 aliphatic heterocycles. The second-order valence-electron chi connectivity index (χ2n) is 5.69. The molecular formula is C16H24N4. The molecule has 0 saturated heterocycles. The zero-order chi connectivity index (χ0) is 14.7. The Labute approximate surface area is 121 Å². The van der Waals surface area contributed by atoms with Crippen LogP contribution < -0.4 is 0 Å². The van der Waals surface area contributed by atoms with Crippen LogP contribution in [0.2, 0.25) is 0 Å². The van der Waals surface area contributed by atoms with Crippen LogP contribution in [0.5, 0.6) is 0 Å². The molecule has 2 heterocycles. The highest BCUT2D eigenvalue weighted by molar-refractivity contribution is 5.15. The second kappa shape index (κ2) is 6.18. The van der Waals surface area contributed by atoms with Gasteiger partial charge in [0.1, 0.15) is 0 Å². The van der Waals surface area contributed by atoms with E-state index in [2.05, 4.69) is 48.0 Å². The highest BCUT2D eigenvalue weighted by atomic mass is 15.3. The van der Waals surface area contributed by atoms with Gasteiger partial charge in [0.15, 0.2) is 0 Å². The molecule has 0 spiro atoms. The Morgan fingerprint density at radius 1 is 1.30 bits per heavy atom. The van der Waals surface area contributed by atoms with Crippen molar-refractivity contribution >= 4 is 0 Å². The summed E-state index contributed by atoms with van der Waals surface area (Å²) in [6.07, 6.45) is 2.86. The van der Waals surface area contributed by atoms with Gasteiger partial charge in [0.05, 0.1) is 11.4 Å². The maximum atomic E-state index is 4.45. The number of rotatable bonds is 5. The van der Waals surface area contributed by atoms with Gasteiger partial charge in [0, 0.05) is 37.9 Å². The smallest absolute Gasteiger partial charge is 0.0597 e. The molecule has 0 N–H and O–H groups in total. The average Bonchev–Trinajstić information content (AvgIpc) is 2.67. The fourth-order valence-corrected chi connectivity index (χ4v) is 2.39. The van der Waals surface area contributed by atoms with E-state index in [0.717, 1.165) is 24.4 Å². The van der Waals surface area contributed by atoms with Crippen molar-refractivity contribution in [3.8, 4) is 0 Å². The van der Waals surface area contributed by atoms with Crippen molar-refractivity contribution in [2.24, 2.45) is 7.05 Å². The Morgan fingerprint density at radius 2 is 2.05 bits per heavy atom. The molecule has 0 fully saturated rings. The van der Waals surface area contributed by atoms with E-state index in [1.807, 2.05) is 30.9 Å². The summed E-state index contributed by atoms with van der Waals surface area (Å²) in [7, 11) is 4.16. The lowest BCUT2D eigenvalue weighted by Crippen LogP contribution is -2.31. The average molecular weight is 272 g/mol. The van der Waals surface area contributed by atoms with Crippen LogP contribution in [0.3, 0.4) is 0 Å². The molecule has 0 bridgehead atoms. The van der Waals surface area contributed by atoms with E-state index in [9.17, 15) is 0 Å². The number of aromatic nitrogens is 3. The molecule has 108 valence electrons. The Kier molecular flexibility index (Phi) is 4.55. The summed E-state index contributed by atoms with van der Waals surface area (Å²) in [5, 5.41) is 4.40. The number of hydrogen-bond donors (Lipinski definition) is 0. The molecule has 0 aliphatic carbocycles.